The van der Waals surface area contributed by atoms with Gasteiger partial charge in [0, 0.05) is 54.7 Å². The lowest BCUT2D eigenvalue weighted by atomic mass is 9.89. The van der Waals surface area contributed by atoms with Crippen LogP contribution in [0.15, 0.2) is 229 Å². The Morgan fingerprint density at radius 2 is 0.877 bits per heavy atom. The molecule has 13 rings (SSSR count). The van der Waals surface area contributed by atoms with Gasteiger partial charge in [0.25, 0.3) is 0 Å². The minimum Gasteiger partial charge on any atom is -0.456 e. The van der Waals surface area contributed by atoms with Crippen LogP contribution in [-0.2, 0) is 0 Å². The van der Waals surface area contributed by atoms with Gasteiger partial charge in [0.2, 0.25) is 0 Å². The molecule has 65 heavy (non-hydrogen) atoms. The van der Waals surface area contributed by atoms with Crippen LogP contribution in [-0.4, -0.2) is 15.0 Å². The molecule has 10 aromatic carbocycles. The molecule has 0 bridgehead atoms. The maximum Gasteiger partial charge on any atom is 0.160 e. The van der Waals surface area contributed by atoms with Crippen molar-refractivity contribution in [2.75, 3.05) is 0 Å². The van der Waals surface area contributed by atoms with Gasteiger partial charge in [0.15, 0.2) is 5.82 Å². The minimum absolute atomic E-state index is 0.684. The lowest BCUT2D eigenvalue weighted by molar-refractivity contribution is 0.669. The van der Waals surface area contributed by atoms with Crippen LogP contribution in [0.4, 0.5) is 0 Å². The number of fused-ring (bicyclic) bond motifs is 9. The number of hydrogen-bond acceptors (Lipinski definition) is 4. The maximum atomic E-state index is 6.72. The van der Waals surface area contributed by atoms with Crippen molar-refractivity contribution in [2.45, 2.75) is 0 Å². The molecule has 0 radical (unpaired) electrons. The number of hydrogen-bond donors (Lipinski definition) is 0. The molecular formula is C61H37N3O. The van der Waals surface area contributed by atoms with Crippen LogP contribution in [0.3, 0.4) is 0 Å². The Kier molecular flexibility index (Phi) is 8.50. The highest BCUT2D eigenvalue weighted by Gasteiger charge is 2.22. The predicted octanol–water partition coefficient (Wildman–Crippen LogP) is 16.4. The standard InChI is InChI=1S/C61H37N3O/c1-3-15-38(16-4-1)39-27-33-42(34-28-39)60-51-36-56-59(49-24-12-14-26-55(49)65-56)57(58(51)48-23-11-13-25-52(48)62-60)41-31-29-40(30-32-41)53-37-54(64-61(63-53)43-17-5-2-6-18-43)50-35-44-19-7-8-20-45(44)46-21-9-10-22-47(46)50/h1-37H. The molecule has 0 N–H and O–H groups in total. The number of pyridine rings is 1. The van der Waals surface area contributed by atoms with Crippen molar-refractivity contribution in [3.05, 3.63) is 224 Å². The summed E-state index contributed by atoms with van der Waals surface area (Å²) in [6.07, 6.45) is 0. The van der Waals surface area contributed by atoms with E-state index in [0.717, 1.165) is 105 Å². The molecule has 0 saturated carbocycles. The second kappa shape index (κ2) is 15.0. The van der Waals surface area contributed by atoms with Gasteiger partial charge in [0.05, 0.1) is 22.6 Å². The lowest BCUT2D eigenvalue weighted by Gasteiger charge is -2.16. The van der Waals surface area contributed by atoms with Crippen molar-refractivity contribution >= 4 is 65.2 Å². The van der Waals surface area contributed by atoms with Gasteiger partial charge in [0.1, 0.15) is 11.2 Å². The van der Waals surface area contributed by atoms with E-state index < -0.39 is 0 Å². The topological polar surface area (TPSA) is 51.8 Å². The van der Waals surface area contributed by atoms with Crippen molar-refractivity contribution < 1.29 is 4.42 Å². The molecule has 0 spiro atoms. The number of nitrogens with zero attached hydrogens (tertiary/aromatic N) is 3. The van der Waals surface area contributed by atoms with Gasteiger partial charge in [-0.25, -0.2) is 15.0 Å². The summed E-state index contributed by atoms with van der Waals surface area (Å²) in [7, 11) is 0. The van der Waals surface area contributed by atoms with Gasteiger partial charge in [-0.15, -0.1) is 0 Å². The van der Waals surface area contributed by atoms with E-state index in [4.69, 9.17) is 19.4 Å². The fraction of sp³-hybridized carbons (Fsp3) is 0. The van der Waals surface area contributed by atoms with Crippen LogP contribution in [0.2, 0.25) is 0 Å². The van der Waals surface area contributed by atoms with E-state index in [1.54, 1.807) is 0 Å². The van der Waals surface area contributed by atoms with E-state index in [-0.39, 0.29) is 0 Å². The van der Waals surface area contributed by atoms with Gasteiger partial charge in [-0.05, 0) is 68.6 Å². The van der Waals surface area contributed by atoms with Gasteiger partial charge in [-0.3, -0.25) is 0 Å². The molecule has 0 fully saturated rings. The molecule has 0 aliphatic rings. The second-order valence-electron chi connectivity index (χ2n) is 16.7. The second-order valence-corrected chi connectivity index (χ2v) is 16.7. The van der Waals surface area contributed by atoms with E-state index in [9.17, 15) is 0 Å². The molecule has 0 amide bonds. The number of furan rings is 1. The number of benzene rings is 10. The summed E-state index contributed by atoms with van der Waals surface area (Å²) < 4.78 is 6.72. The zero-order valence-corrected chi connectivity index (χ0v) is 35.1. The molecule has 4 nitrogen and oxygen atoms in total. The molecule has 0 unspecified atom stereocenters. The highest BCUT2D eigenvalue weighted by atomic mass is 16.3. The number of para-hydroxylation sites is 2. The van der Waals surface area contributed by atoms with Gasteiger partial charge >= 0.3 is 0 Å². The maximum absolute atomic E-state index is 6.72. The first-order valence-electron chi connectivity index (χ1n) is 22.0. The fourth-order valence-electron chi connectivity index (χ4n) is 9.80. The van der Waals surface area contributed by atoms with E-state index in [1.165, 1.54) is 21.7 Å². The summed E-state index contributed by atoms with van der Waals surface area (Å²) in [6, 6.07) is 79.1. The third kappa shape index (κ3) is 6.18. The summed E-state index contributed by atoms with van der Waals surface area (Å²) in [5.41, 5.74) is 13.9. The van der Waals surface area contributed by atoms with E-state index >= 15 is 0 Å². The Balaban J connectivity index is 1.03. The quantitative estimate of drug-likeness (QED) is 0.157. The normalized spacial score (nSPS) is 11.7. The number of aromatic nitrogens is 3. The van der Waals surface area contributed by atoms with Crippen molar-refractivity contribution in [3.63, 3.8) is 0 Å². The van der Waals surface area contributed by atoms with Crippen molar-refractivity contribution in [1.29, 1.82) is 0 Å². The highest BCUT2D eigenvalue weighted by Crippen LogP contribution is 2.47. The molecule has 4 heteroatoms. The Morgan fingerprint density at radius 3 is 1.66 bits per heavy atom. The Labute approximate surface area is 374 Å². The third-order valence-electron chi connectivity index (χ3n) is 12.9. The monoisotopic (exact) mass is 827 g/mol. The smallest absolute Gasteiger partial charge is 0.160 e. The van der Waals surface area contributed by atoms with E-state index in [1.807, 2.05) is 24.3 Å². The average Bonchev–Trinajstić information content (AvgIpc) is 3.76. The van der Waals surface area contributed by atoms with Crippen molar-refractivity contribution in [3.8, 4) is 67.4 Å². The first-order valence-corrected chi connectivity index (χ1v) is 22.0. The molecule has 3 aromatic heterocycles. The Morgan fingerprint density at radius 1 is 0.308 bits per heavy atom. The summed E-state index contributed by atoms with van der Waals surface area (Å²) in [5.74, 6) is 0.684. The first-order chi connectivity index (χ1) is 32.2. The molecule has 0 aliphatic carbocycles. The van der Waals surface area contributed by atoms with E-state index in [0.29, 0.717) is 5.82 Å². The van der Waals surface area contributed by atoms with Crippen LogP contribution < -0.4 is 0 Å². The predicted molar refractivity (Wildman–Crippen MR) is 270 cm³/mol. The average molecular weight is 828 g/mol. The molecule has 13 aromatic rings. The van der Waals surface area contributed by atoms with Crippen molar-refractivity contribution in [2.24, 2.45) is 0 Å². The van der Waals surface area contributed by atoms with Crippen molar-refractivity contribution in [1.82, 2.24) is 15.0 Å². The van der Waals surface area contributed by atoms with Gasteiger partial charge in [-0.1, -0.05) is 194 Å². The molecule has 0 atom stereocenters. The van der Waals surface area contributed by atoms with Crippen LogP contribution in [0.1, 0.15) is 0 Å². The van der Waals surface area contributed by atoms with Gasteiger partial charge in [-0.2, -0.15) is 0 Å². The highest BCUT2D eigenvalue weighted by molar-refractivity contribution is 6.28. The zero-order chi connectivity index (χ0) is 42.8. The molecule has 302 valence electrons. The van der Waals surface area contributed by atoms with Gasteiger partial charge < -0.3 is 4.42 Å². The first kappa shape index (κ1) is 36.9. The minimum atomic E-state index is 0.684. The Bertz CT molecular complexity index is 3970. The summed E-state index contributed by atoms with van der Waals surface area (Å²) in [6.45, 7) is 0. The van der Waals surface area contributed by atoms with Crippen LogP contribution in [0.25, 0.3) is 133 Å². The SMILES string of the molecule is c1ccc(-c2ccc(-c3nc4ccccc4c4c(-c5ccc(-c6cc(-c7cc8ccccc8c8ccccc78)nc(-c7ccccc7)n6)cc5)c5c(cc34)oc3ccccc35)cc2)cc1. The summed E-state index contributed by atoms with van der Waals surface area (Å²) in [4.78, 5) is 15.9. The Hall–Kier alpha value is -8.73. The lowest BCUT2D eigenvalue weighted by Crippen LogP contribution is -1.97. The largest absolute Gasteiger partial charge is 0.456 e. The molecule has 0 saturated heterocycles. The van der Waals surface area contributed by atoms with Crippen LogP contribution in [0, 0.1) is 0 Å². The fourth-order valence-corrected chi connectivity index (χ4v) is 9.80. The van der Waals surface area contributed by atoms with E-state index in [2.05, 4.69) is 200 Å². The number of rotatable bonds is 6. The molecule has 3 heterocycles. The zero-order valence-electron chi connectivity index (χ0n) is 35.1. The summed E-state index contributed by atoms with van der Waals surface area (Å²) in [5, 5.41) is 10.2. The van der Waals surface area contributed by atoms with Crippen LogP contribution in [0.5, 0.6) is 0 Å². The third-order valence-corrected chi connectivity index (χ3v) is 12.9. The summed E-state index contributed by atoms with van der Waals surface area (Å²) >= 11 is 0. The van der Waals surface area contributed by atoms with Crippen LogP contribution >= 0.6 is 0 Å². The molecule has 0 aliphatic heterocycles. The molecular weight excluding hydrogens is 791 g/mol.